The van der Waals surface area contributed by atoms with E-state index in [0.29, 0.717) is 6.42 Å². The maximum absolute atomic E-state index is 11.9. The second-order valence-corrected chi connectivity index (χ2v) is 5.48. The van der Waals surface area contributed by atoms with Crippen molar-refractivity contribution in [3.8, 4) is 0 Å². The van der Waals surface area contributed by atoms with Crippen LogP contribution in [0.15, 0.2) is 25.2 Å². The van der Waals surface area contributed by atoms with E-state index in [0.717, 1.165) is 25.5 Å². The molecule has 0 N–H and O–H groups in total. The molecule has 0 bridgehead atoms. The van der Waals surface area contributed by atoms with E-state index < -0.39 is 17.9 Å². The lowest BCUT2D eigenvalue weighted by atomic mass is 9.98. The summed E-state index contributed by atoms with van der Waals surface area (Å²) in [6.07, 6.45) is 11.1. The fourth-order valence-electron chi connectivity index (χ4n) is 2.31. The smallest absolute Gasteiger partial charge is 0.321 e. The second kappa shape index (κ2) is 13.1. The zero-order chi connectivity index (χ0) is 16.8. The summed E-state index contributed by atoms with van der Waals surface area (Å²) in [5.74, 6) is -1.40. The molecule has 0 aromatic heterocycles. The summed E-state index contributed by atoms with van der Waals surface area (Å²) >= 11 is 0. The van der Waals surface area contributed by atoms with Crippen LogP contribution in [0.4, 0.5) is 0 Å². The van der Waals surface area contributed by atoms with Crippen molar-refractivity contribution < 1.29 is 19.1 Å². The number of hydrogen-bond donors (Lipinski definition) is 0. The molecule has 0 spiro atoms. The molecule has 4 nitrogen and oxygen atoms in total. The van der Waals surface area contributed by atoms with E-state index in [1.165, 1.54) is 39.0 Å². The number of carbonyl (C=O) groups excluding carboxylic acids is 2. The number of rotatable bonds is 13. The standard InChI is InChI=1S/C18H30O4/c1-5-7-8-9-10-11-12-13-14-17(18(20)21-6-2)15(3)22-16(4)19/h6,17H,2-3,5,7-14H2,1,4H3. The fraction of sp³-hybridized carbons (Fsp3) is 0.667. The Morgan fingerprint density at radius 2 is 1.59 bits per heavy atom. The van der Waals surface area contributed by atoms with Gasteiger partial charge in [-0.25, -0.2) is 0 Å². The molecule has 4 heteroatoms. The van der Waals surface area contributed by atoms with E-state index in [-0.39, 0.29) is 5.76 Å². The third kappa shape index (κ3) is 10.2. The minimum absolute atomic E-state index is 0.155. The first-order valence-corrected chi connectivity index (χ1v) is 8.21. The largest absolute Gasteiger partial charge is 0.435 e. The second-order valence-electron chi connectivity index (χ2n) is 5.48. The maximum Gasteiger partial charge on any atom is 0.321 e. The van der Waals surface area contributed by atoms with Gasteiger partial charge in [0.1, 0.15) is 11.7 Å². The lowest BCUT2D eigenvalue weighted by molar-refractivity contribution is -0.145. The van der Waals surface area contributed by atoms with E-state index in [4.69, 9.17) is 9.47 Å². The van der Waals surface area contributed by atoms with Crippen molar-refractivity contribution in [1.29, 1.82) is 0 Å². The van der Waals surface area contributed by atoms with Gasteiger partial charge in [-0.15, -0.1) is 0 Å². The molecule has 0 rings (SSSR count). The van der Waals surface area contributed by atoms with Crippen LogP contribution in [0.1, 0.15) is 71.6 Å². The molecule has 0 aromatic rings. The molecule has 0 saturated carbocycles. The summed E-state index contributed by atoms with van der Waals surface area (Å²) in [5, 5.41) is 0. The monoisotopic (exact) mass is 310 g/mol. The molecule has 0 heterocycles. The van der Waals surface area contributed by atoms with E-state index in [9.17, 15) is 9.59 Å². The summed E-state index contributed by atoms with van der Waals surface area (Å²) in [5.41, 5.74) is 0. The van der Waals surface area contributed by atoms with Crippen LogP contribution in [0.2, 0.25) is 0 Å². The summed E-state index contributed by atoms with van der Waals surface area (Å²) in [6.45, 7) is 10.5. The number of ether oxygens (including phenoxy) is 2. The van der Waals surface area contributed by atoms with Gasteiger partial charge in [0.15, 0.2) is 0 Å². The molecule has 22 heavy (non-hydrogen) atoms. The number of carbonyl (C=O) groups is 2. The molecule has 0 amide bonds. The van der Waals surface area contributed by atoms with Crippen molar-refractivity contribution in [3.05, 3.63) is 25.2 Å². The first-order valence-electron chi connectivity index (χ1n) is 8.21. The molecule has 0 aliphatic rings. The molecular formula is C18H30O4. The molecule has 0 fully saturated rings. The highest BCUT2D eigenvalue weighted by molar-refractivity contribution is 5.77. The summed E-state index contributed by atoms with van der Waals surface area (Å²) in [7, 11) is 0. The first-order chi connectivity index (χ1) is 10.5. The Morgan fingerprint density at radius 1 is 1.05 bits per heavy atom. The van der Waals surface area contributed by atoms with Crippen molar-refractivity contribution in [2.45, 2.75) is 71.6 Å². The van der Waals surface area contributed by atoms with Gasteiger partial charge in [-0.2, -0.15) is 0 Å². The quantitative estimate of drug-likeness (QED) is 0.276. The van der Waals surface area contributed by atoms with Crippen LogP contribution in [-0.2, 0) is 19.1 Å². The number of esters is 2. The lowest BCUT2D eigenvalue weighted by Crippen LogP contribution is -2.20. The van der Waals surface area contributed by atoms with Crippen molar-refractivity contribution in [2.24, 2.45) is 5.92 Å². The predicted octanol–water partition coefficient (Wildman–Crippen LogP) is 4.90. The topological polar surface area (TPSA) is 52.6 Å². The molecule has 0 saturated heterocycles. The van der Waals surface area contributed by atoms with Gasteiger partial charge in [0.2, 0.25) is 0 Å². The highest BCUT2D eigenvalue weighted by Gasteiger charge is 2.24. The summed E-state index contributed by atoms with van der Waals surface area (Å²) < 4.78 is 9.74. The summed E-state index contributed by atoms with van der Waals surface area (Å²) in [6, 6.07) is 0. The van der Waals surface area contributed by atoms with Gasteiger partial charge in [-0.3, -0.25) is 9.59 Å². The van der Waals surface area contributed by atoms with Gasteiger partial charge in [0.05, 0.1) is 6.26 Å². The normalized spacial score (nSPS) is 11.5. The zero-order valence-corrected chi connectivity index (χ0v) is 14.1. The molecule has 1 atom stereocenters. The lowest BCUT2D eigenvalue weighted by Gasteiger charge is -2.16. The third-order valence-corrected chi connectivity index (χ3v) is 3.49. The molecule has 0 aromatic carbocycles. The van der Waals surface area contributed by atoms with Crippen molar-refractivity contribution in [2.75, 3.05) is 0 Å². The highest BCUT2D eigenvalue weighted by atomic mass is 16.5. The molecule has 0 aliphatic carbocycles. The average Bonchev–Trinajstić information content (AvgIpc) is 2.45. The van der Waals surface area contributed by atoms with E-state index >= 15 is 0 Å². The Balaban J connectivity index is 4.08. The van der Waals surface area contributed by atoms with Crippen molar-refractivity contribution in [3.63, 3.8) is 0 Å². The van der Waals surface area contributed by atoms with Crippen molar-refractivity contribution in [1.82, 2.24) is 0 Å². The van der Waals surface area contributed by atoms with Crippen molar-refractivity contribution >= 4 is 11.9 Å². The Morgan fingerprint density at radius 3 is 2.09 bits per heavy atom. The highest BCUT2D eigenvalue weighted by Crippen LogP contribution is 2.21. The van der Waals surface area contributed by atoms with Crippen LogP contribution < -0.4 is 0 Å². The SMILES string of the molecule is C=COC(=O)C(CCCCCCCCCC)C(=C)OC(C)=O. The third-order valence-electron chi connectivity index (χ3n) is 3.49. The zero-order valence-electron chi connectivity index (χ0n) is 14.1. The maximum atomic E-state index is 11.9. The van der Waals surface area contributed by atoms with Gasteiger partial charge in [-0.1, -0.05) is 71.4 Å². The molecular weight excluding hydrogens is 280 g/mol. The van der Waals surface area contributed by atoms with Gasteiger partial charge in [-0.05, 0) is 6.42 Å². The molecule has 0 radical (unpaired) electrons. The number of hydrogen-bond acceptors (Lipinski definition) is 4. The van der Waals surface area contributed by atoms with E-state index in [2.05, 4.69) is 20.1 Å². The minimum atomic E-state index is -0.609. The van der Waals surface area contributed by atoms with Gasteiger partial charge < -0.3 is 9.47 Å². The van der Waals surface area contributed by atoms with Gasteiger partial charge >= 0.3 is 11.9 Å². The minimum Gasteiger partial charge on any atom is -0.435 e. The van der Waals surface area contributed by atoms with Gasteiger partial charge in [0, 0.05) is 6.92 Å². The Hall–Kier alpha value is -1.58. The van der Waals surface area contributed by atoms with Crippen LogP contribution in [0.5, 0.6) is 0 Å². The van der Waals surface area contributed by atoms with Crippen LogP contribution in [-0.4, -0.2) is 11.9 Å². The molecule has 126 valence electrons. The average molecular weight is 310 g/mol. The Bertz CT molecular complexity index is 360. The molecule has 1 unspecified atom stereocenters. The first kappa shape index (κ1) is 20.4. The van der Waals surface area contributed by atoms with Crippen LogP contribution in [0.3, 0.4) is 0 Å². The molecule has 0 aliphatic heterocycles. The summed E-state index contributed by atoms with van der Waals surface area (Å²) in [4.78, 5) is 22.8. The van der Waals surface area contributed by atoms with E-state index in [1.807, 2.05) is 0 Å². The number of unbranched alkanes of at least 4 members (excludes halogenated alkanes) is 7. The van der Waals surface area contributed by atoms with Crippen LogP contribution >= 0.6 is 0 Å². The predicted molar refractivity (Wildman–Crippen MR) is 87.9 cm³/mol. The Kier molecular flexibility index (Phi) is 12.2. The van der Waals surface area contributed by atoms with E-state index in [1.54, 1.807) is 0 Å². The Labute approximate surface area is 134 Å². The van der Waals surface area contributed by atoms with Gasteiger partial charge in [0.25, 0.3) is 0 Å². The van der Waals surface area contributed by atoms with Crippen LogP contribution in [0, 0.1) is 5.92 Å². The van der Waals surface area contributed by atoms with Crippen LogP contribution in [0.25, 0.3) is 0 Å². The fourth-order valence-corrected chi connectivity index (χ4v) is 2.31.